The first kappa shape index (κ1) is 41.2. The second-order valence-corrected chi connectivity index (χ2v) is 6.77. The average Bonchev–Trinajstić information content (AvgIpc) is 2.94. The lowest BCUT2D eigenvalue weighted by Gasteiger charge is -2.18. The van der Waals surface area contributed by atoms with Gasteiger partial charge in [-0.1, -0.05) is 96.0 Å². The number of nitrogens with zero attached hydrogens (tertiary/aromatic N) is 1. The smallest absolute Gasteiger partial charge is 0.0823 e. The molecule has 0 fully saturated rings. The predicted molar refractivity (Wildman–Crippen MR) is 169 cm³/mol. The van der Waals surface area contributed by atoms with E-state index in [4.69, 9.17) is 14.6 Å². The third-order valence-corrected chi connectivity index (χ3v) is 4.40. The van der Waals surface area contributed by atoms with Gasteiger partial charge in [-0.15, -0.1) is 6.58 Å². The van der Waals surface area contributed by atoms with Gasteiger partial charge in [0.05, 0.1) is 37.9 Å². The minimum absolute atomic E-state index is 0.0647. The molecule has 1 unspecified atom stereocenters. The molecule has 0 aliphatic carbocycles. The molecule has 1 N–H and O–H groups in total. The minimum Gasteiger partial charge on any atom is -0.516 e. The van der Waals surface area contributed by atoms with Crippen molar-refractivity contribution >= 4 is 6.21 Å². The summed E-state index contributed by atoms with van der Waals surface area (Å²) in [7, 11) is 0. The standard InChI is InChI=1S/C27H39NO2.C2H4O.2C2H6/c1-8-14-17-24(22-30-27(16-10-3)23(7)11-4)18-20-29-21-19-28-26(13-6)25(12-5)15-9-2;1-2-3;2*1-2/h8-15,18-19,27H,3,5-6,16-17,20-22H2,1-2,4,7H3;2-3H,1H2;2*1-2H3/b14-8-,15-9-,23-11+,24-18+,26-25-,28-19?;;;. The molecule has 0 bridgehead atoms. The van der Waals surface area contributed by atoms with Gasteiger partial charge in [-0.2, -0.15) is 0 Å². The number of aliphatic hydroxyl groups excluding tert-OH is 1. The Morgan fingerprint density at radius 3 is 2.03 bits per heavy atom. The van der Waals surface area contributed by atoms with Gasteiger partial charge >= 0.3 is 0 Å². The maximum atomic E-state index is 7.33. The molecule has 4 nitrogen and oxygen atoms in total. The van der Waals surface area contributed by atoms with E-state index in [0.29, 0.717) is 19.8 Å². The van der Waals surface area contributed by atoms with Gasteiger partial charge in [0.1, 0.15) is 0 Å². The van der Waals surface area contributed by atoms with E-state index in [-0.39, 0.29) is 6.10 Å². The van der Waals surface area contributed by atoms with Gasteiger partial charge in [0.15, 0.2) is 0 Å². The number of aliphatic imine (C=N–C) groups is 1. The molecule has 1 atom stereocenters. The molecule has 0 radical (unpaired) electrons. The molecular weight excluding hydrogens is 458 g/mol. The van der Waals surface area contributed by atoms with Crippen LogP contribution < -0.4 is 0 Å². The van der Waals surface area contributed by atoms with Crippen molar-refractivity contribution in [2.45, 2.75) is 74.3 Å². The molecule has 0 saturated carbocycles. The fraction of sp³-hybridized carbons (Fsp3) is 0.424. The van der Waals surface area contributed by atoms with Crippen LogP contribution in [0.3, 0.4) is 0 Å². The number of hydrogen-bond donors (Lipinski definition) is 1. The van der Waals surface area contributed by atoms with Gasteiger partial charge in [0.25, 0.3) is 0 Å². The van der Waals surface area contributed by atoms with E-state index < -0.39 is 0 Å². The van der Waals surface area contributed by atoms with E-state index in [2.05, 4.69) is 56.5 Å². The summed E-state index contributed by atoms with van der Waals surface area (Å²) >= 11 is 0. The molecule has 0 saturated heterocycles. The summed E-state index contributed by atoms with van der Waals surface area (Å²) in [5.41, 5.74) is 4.12. The summed E-state index contributed by atoms with van der Waals surface area (Å²) in [6.07, 6.45) is 21.8. The third-order valence-electron chi connectivity index (χ3n) is 4.40. The maximum absolute atomic E-state index is 7.33. The molecule has 37 heavy (non-hydrogen) atoms. The summed E-state index contributed by atoms with van der Waals surface area (Å²) in [6.45, 7) is 32.0. The summed E-state index contributed by atoms with van der Waals surface area (Å²) < 4.78 is 11.8. The lowest BCUT2D eigenvalue weighted by atomic mass is 10.1. The highest BCUT2D eigenvalue weighted by Gasteiger charge is 2.09. The first-order chi connectivity index (χ1) is 18.0. The molecule has 0 spiro atoms. The van der Waals surface area contributed by atoms with Crippen LogP contribution in [0.2, 0.25) is 0 Å². The number of allylic oxidation sites excluding steroid dienone is 8. The van der Waals surface area contributed by atoms with Crippen LogP contribution in [0.4, 0.5) is 0 Å². The Morgan fingerprint density at radius 2 is 1.57 bits per heavy atom. The second kappa shape index (κ2) is 35.2. The van der Waals surface area contributed by atoms with Crippen LogP contribution in [0.1, 0.15) is 68.2 Å². The van der Waals surface area contributed by atoms with E-state index in [1.807, 2.05) is 72.8 Å². The van der Waals surface area contributed by atoms with Gasteiger partial charge < -0.3 is 14.6 Å². The fourth-order valence-electron chi connectivity index (χ4n) is 2.52. The van der Waals surface area contributed by atoms with E-state index in [1.165, 1.54) is 11.1 Å². The largest absolute Gasteiger partial charge is 0.516 e. The normalized spacial score (nSPS) is 12.9. The third kappa shape index (κ3) is 25.9. The molecule has 0 aromatic heterocycles. The van der Waals surface area contributed by atoms with Crippen molar-refractivity contribution in [1.82, 2.24) is 0 Å². The summed E-state index contributed by atoms with van der Waals surface area (Å²) in [5, 5.41) is 7.33. The van der Waals surface area contributed by atoms with Gasteiger partial charge in [-0.05, 0) is 63.3 Å². The van der Waals surface area contributed by atoms with Crippen molar-refractivity contribution in [3.63, 3.8) is 0 Å². The van der Waals surface area contributed by atoms with Gasteiger partial charge in [0.2, 0.25) is 0 Å². The molecule has 0 aliphatic rings. The molecule has 0 amide bonds. The quantitative estimate of drug-likeness (QED) is 0.0734. The van der Waals surface area contributed by atoms with Crippen LogP contribution in [-0.4, -0.2) is 37.2 Å². The highest BCUT2D eigenvalue weighted by atomic mass is 16.5. The van der Waals surface area contributed by atoms with E-state index in [1.54, 1.807) is 18.4 Å². The first-order valence-electron chi connectivity index (χ1n) is 13.1. The molecule has 4 heteroatoms. The number of ether oxygens (including phenoxy) is 2. The van der Waals surface area contributed by atoms with Crippen molar-refractivity contribution in [1.29, 1.82) is 0 Å². The fourth-order valence-corrected chi connectivity index (χ4v) is 2.52. The Balaban J connectivity index is -0.000000703. The van der Waals surface area contributed by atoms with Crippen molar-refractivity contribution in [2.24, 2.45) is 4.99 Å². The van der Waals surface area contributed by atoms with E-state index in [0.717, 1.165) is 30.4 Å². The Bertz CT molecular complexity index is 750. The lowest BCUT2D eigenvalue weighted by molar-refractivity contribution is 0.0960. The van der Waals surface area contributed by atoms with Crippen LogP contribution in [0.15, 0.2) is 115 Å². The first-order valence-corrected chi connectivity index (χ1v) is 13.1. The summed E-state index contributed by atoms with van der Waals surface area (Å²) in [5.74, 6) is 0. The number of aliphatic hydroxyl groups is 1. The van der Waals surface area contributed by atoms with Crippen LogP contribution in [0.25, 0.3) is 0 Å². The highest BCUT2D eigenvalue weighted by Crippen LogP contribution is 2.14. The van der Waals surface area contributed by atoms with Crippen LogP contribution in [-0.2, 0) is 9.47 Å². The Hall–Kier alpha value is -2.95. The molecule has 0 rings (SSSR count). The SMILES string of the molecule is C=CCC(OC/C(=C/COCC=N/C(C=C)=C(C=C)\C=C/C)C/C=C\C)/C(C)=C/C.C=CO.CC.CC. The summed E-state index contributed by atoms with van der Waals surface area (Å²) in [6, 6.07) is 0. The summed E-state index contributed by atoms with van der Waals surface area (Å²) in [4.78, 5) is 4.42. The average molecular weight is 514 g/mol. The predicted octanol–water partition coefficient (Wildman–Crippen LogP) is 9.84. The van der Waals surface area contributed by atoms with Crippen LogP contribution in [0.5, 0.6) is 0 Å². The molecule has 0 aromatic rings. The molecule has 0 aromatic carbocycles. The van der Waals surface area contributed by atoms with Crippen LogP contribution >= 0.6 is 0 Å². The maximum Gasteiger partial charge on any atom is 0.0823 e. The Kier molecular flexibility index (Phi) is 39.2. The molecule has 0 aliphatic heterocycles. The molecule has 210 valence electrons. The zero-order chi connectivity index (χ0) is 29.3. The van der Waals surface area contributed by atoms with Gasteiger partial charge in [-0.3, -0.25) is 4.99 Å². The molecular formula is C33H55NO3. The Morgan fingerprint density at radius 1 is 0.946 bits per heavy atom. The van der Waals surface area contributed by atoms with Crippen molar-refractivity contribution in [3.05, 3.63) is 110 Å². The zero-order valence-electron chi connectivity index (χ0n) is 25.0. The zero-order valence-corrected chi connectivity index (χ0v) is 25.0. The second-order valence-electron chi connectivity index (χ2n) is 6.77. The van der Waals surface area contributed by atoms with Crippen molar-refractivity contribution < 1.29 is 14.6 Å². The van der Waals surface area contributed by atoms with E-state index in [9.17, 15) is 0 Å². The minimum atomic E-state index is 0.0647. The topological polar surface area (TPSA) is 51.0 Å². The highest BCUT2D eigenvalue weighted by molar-refractivity contribution is 5.62. The number of rotatable bonds is 16. The van der Waals surface area contributed by atoms with Crippen molar-refractivity contribution in [2.75, 3.05) is 19.8 Å². The lowest BCUT2D eigenvalue weighted by Crippen LogP contribution is -2.15. The Labute approximate surface area is 229 Å². The monoisotopic (exact) mass is 513 g/mol. The van der Waals surface area contributed by atoms with Crippen molar-refractivity contribution in [3.8, 4) is 0 Å². The number of hydrogen-bond acceptors (Lipinski definition) is 4. The van der Waals surface area contributed by atoms with E-state index >= 15 is 0 Å². The van der Waals surface area contributed by atoms with Gasteiger partial charge in [-0.25, -0.2) is 0 Å². The van der Waals surface area contributed by atoms with Crippen LogP contribution in [0, 0.1) is 0 Å². The molecule has 0 heterocycles. The van der Waals surface area contributed by atoms with Gasteiger partial charge in [0, 0.05) is 6.21 Å².